The molecule has 0 fully saturated rings. The Bertz CT molecular complexity index is 684. The maximum atomic E-state index is 11.6. The van der Waals surface area contributed by atoms with E-state index in [1.165, 1.54) is 0 Å². The van der Waals surface area contributed by atoms with Crippen molar-refractivity contribution in [1.82, 2.24) is 15.5 Å². The van der Waals surface area contributed by atoms with Gasteiger partial charge in [-0.25, -0.2) is 4.99 Å². The van der Waals surface area contributed by atoms with Crippen molar-refractivity contribution in [2.45, 2.75) is 0 Å². The Kier molecular flexibility index (Phi) is 2.60. The molecule has 0 atom stereocenters. The number of rotatable bonds is 2. The van der Waals surface area contributed by atoms with E-state index in [-0.39, 0.29) is 17.6 Å². The first-order valence-electron chi connectivity index (χ1n) is 5.70. The third kappa shape index (κ3) is 2.11. The van der Waals surface area contributed by atoms with E-state index in [0.29, 0.717) is 0 Å². The Balaban J connectivity index is 2.03. The summed E-state index contributed by atoms with van der Waals surface area (Å²) in [5, 5.41) is 9.41. The zero-order valence-corrected chi connectivity index (χ0v) is 9.92. The number of nitrogens with two attached hydrogens (primary N) is 1. The van der Waals surface area contributed by atoms with Gasteiger partial charge in [-0.3, -0.25) is 15.2 Å². The zero-order valence-electron chi connectivity index (χ0n) is 9.92. The highest BCUT2D eigenvalue weighted by Gasteiger charge is 2.18. The second-order valence-corrected chi connectivity index (χ2v) is 4.04. The number of benzene rings is 1. The van der Waals surface area contributed by atoms with Crippen molar-refractivity contribution in [3.05, 3.63) is 47.8 Å². The Labute approximate surface area is 109 Å². The van der Waals surface area contributed by atoms with Crippen molar-refractivity contribution in [2.24, 2.45) is 10.7 Å². The molecule has 94 valence electrons. The predicted molar refractivity (Wildman–Crippen MR) is 71.8 cm³/mol. The molecular weight excluding hydrogens is 242 g/mol. The molecule has 6 nitrogen and oxygen atoms in total. The number of nitrogens with one attached hydrogen (secondary N) is 2. The molecule has 1 aliphatic heterocycles. The Hall–Kier alpha value is -2.89. The zero-order chi connectivity index (χ0) is 13.2. The van der Waals surface area contributed by atoms with Gasteiger partial charge in [0.1, 0.15) is 5.70 Å². The first kappa shape index (κ1) is 11.2. The number of amides is 1. The van der Waals surface area contributed by atoms with E-state index < -0.39 is 0 Å². The van der Waals surface area contributed by atoms with Crippen molar-refractivity contribution in [2.75, 3.05) is 0 Å². The number of carbonyl (C=O) groups excluding carboxylic acids is 1. The average molecular weight is 253 g/mol. The van der Waals surface area contributed by atoms with Crippen LogP contribution in [0.1, 0.15) is 5.56 Å². The number of aliphatic imine (C=N–C) groups is 1. The van der Waals surface area contributed by atoms with Crippen LogP contribution in [0.2, 0.25) is 0 Å². The monoisotopic (exact) mass is 253 g/mol. The van der Waals surface area contributed by atoms with E-state index in [9.17, 15) is 4.79 Å². The van der Waals surface area contributed by atoms with Crippen molar-refractivity contribution in [3.8, 4) is 11.3 Å². The highest BCUT2D eigenvalue weighted by Crippen LogP contribution is 2.23. The molecule has 2 heterocycles. The van der Waals surface area contributed by atoms with E-state index in [2.05, 4.69) is 20.5 Å². The molecule has 3 rings (SSSR count). The van der Waals surface area contributed by atoms with Crippen LogP contribution in [-0.4, -0.2) is 22.1 Å². The van der Waals surface area contributed by atoms with Gasteiger partial charge in [0.05, 0.1) is 5.69 Å². The van der Waals surface area contributed by atoms with Crippen molar-refractivity contribution >= 4 is 17.9 Å². The lowest BCUT2D eigenvalue weighted by atomic mass is 10.1. The lowest BCUT2D eigenvalue weighted by Crippen LogP contribution is -2.30. The summed E-state index contributed by atoms with van der Waals surface area (Å²) in [6.07, 6.45) is 3.37. The molecule has 2 aromatic rings. The molecule has 0 bridgehead atoms. The van der Waals surface area contributed by atoms with Gasteiger partial charge in [0.15, 0.2) is 0 Å². The number of hydrogen-bond donors (Lipinski definition) is 3. The first-order valence-corrected chi connectivity index (χ1v) is 5.70. The van der Waals surface area contributed by atoms with Crippen LogP contribution in [0.4, 0.5) is 0 Å². The van der Waals surface area contributed by atoms with Crippen molar-refractivity contribution in [1.29, 1.82) is 0 Å². The van der Waals surface area contributed by atoms with E-state index in [0.717, 1.165) is 16.8 Å². The molecule has 0 unspecified atom stereocenters. The van der Waals surface area contributed by atoms with Crippen LogP contribution in [0.15, 0.2) is 47.2 Å². The van der Waals surface area contributed by atoms with Crippen LogP contribution in [0, 0.1) is 0 Å². The fourth-order valence-electron chi connectivity index (χ4n) is 1.87. The molecule has 1 amide bonds. The molecule has 0 radical (unpaired) electrons. The molecule has 19 heavy (non-hydrogen) atoms. The summed E-state index contributed by atoms with van der Waals surface area (Å²) in [6, 6.07) is 9.69. The maximum Gasteiger partial charge on any atom is 0.276 e. The van der Waals surface area contributed by atoms with E-state index in [4.69, 9.17) is 5.73 Å². The summed E-state index contributed by atoms with van der Waals surface area (Å²) < 4.78 is 0. The topological polar surface area (TPSA) is 96.2 Å². The average Bonchev–Trinajstić information content (AvgIpc) is 2.98. The largest absolute Gasteiger partial charge is 0.369 e. The molecule has 1 aromatic carbocycles. The summed E-state index contributed by atoms with van der Waals surface area (Å²) in [6.45, 7) is 0. The van der Waals surface area contributed by atoms with Gasteiger partial charge in [-0.1, -0.05) is 30.3 Å². The molecule has 0 aliphatic carbocycles. The number of guanidine groups is 1. The van der Waals surface area contributed by atoms with Gasteiger partial charge in [-0.05, 0) is 6.08 Å². The third-order valence-electron chi connectivity index (χ3n) is 2.72. The lowest BCUT2D eigenvalue weighted by molar-refractivity contribution is -0.115. The SMILES string of the molecule is NC1=N/C(=C\c2c[nH]nc2-c2ccccc2)C(=O)N1. The van der Waals surface area contributed by atoms with Crippen molar-refractivity contribution in [3.63, 3.8) is 0 Å². The lowest BCUT2D eigenvalue weighted by Gasteiger charge is -1.98. The molecular formula is C13H11N5O. The number of H-pyrrole nitrogens is 1. The highest BCUT2D eigenvalue weighted by atomic mass is 16.2. The van der Waals surface area contributed by atoms with Crippen LogP contribution in [0.5, 0.6) is 0 Å². The minimum atomic E-state index is -0.308. The first-order chi connectivity index (χ1) is 9.24. The molecule has 1 aromatic heterocycles. The van der Waals surface area contributed by atoms with Gasteiger partial charge >= 0.3 is 0 Å². The fraction of sp³-hybridized carbons (Fsp3) is 0. The quantitative estimate of drug-likeness (QED) is 0.692. The Morgan fingerprint density at radius 2 is 2.00 bits per heavy atom. The predicted octanol–water partition coefficient (Wildman–Crippen LogP) is 0.862. The van der Waals surface area contributed by atoms with E-state index in [1.807, 2.05) is 30.3 Å². The van der Waals surface area contributed by atoms with E-state index >= 15 is 0 Å². The highest BCUT2D eigenvalue weighted by molar-refractivity contribution is 6.13. The minimum Gasteiger partial charge on any atom is -0.369 e. The summed E-state index contributed by atoms with van der Waals surface area (Å²) >= 11 is 0. The molecule has 4 N–H and O–H groups in total. The molecule has 0 saturated heterocycles. The summed E-state index contributed by atoms with van der Waals surface area (Å²) in [5.74, 6) is -0.196. The summed E-state index contributed by atoms with van der Waals surface area (Å²) in [7, 11) is 0. The normalized spacial score (nSPS) is 16.5. The van der Waals surface area contributed by atoms with Gasteiger partial charge < -0.3 is 5.73 Å². The second-order valence-electron chi connectivity index (χ2n) is 4.04. The minimum absolute atomic E-state index is 0.112. The van der Waals surface area contributed by atoms with Crippen LogP contribution in [0.25, 0.3) is 17.3 Å². The summed E-state index contributed by atoms with van der Waals surface area (Å²) in [4.78, 5) is 15.5. The number of carbonyl (C=O) groups is 1. The van der Waals surface area contributed by atoms with Crippen LogP contribution in [0.3, 0.4) is 0 Å². The van der Waals surface area contributed by atoms with Gasteiger partial charge in [0.2, 0.25) is 5.96 Å². The van der Waals surface area contributed by atoms with Crippen LogP contribution in [-0.2, 0) is 4.79 Å². The van der Waals surface area contributed by atoms with Gasteiger partial charge in [-0.15, -0.1) is 0 Å². The van der Waals surface area contributed by atoms with Gasteiger partial charge in [0.25, 0.3) is 5.91 Å². The molecule has 0 saturated carbocycles. The number of aromatic amines is 1. The molecule has 1 aliphatic rings. The number of hydrogen-bond acceptors (Lipinski definition) is 4. The van der Waals surface area contributed by atoms with Crippen LogP contribution >= 0.6 is 0 Å². The standard InChI is InChI=1S/C13H11N5O/c14-13-16-10(12(19)17-13)6-9-7-15-18-11(9)8-4-2-1-3-5-8/h1-7H,(H,15,18)(H3,14,16,17,19)/b10-6-. The summed E-state index contributed by atoms with van der Waals surface area (Å²) in [5.41, 5.74) is 8.24. The fourth-order valence-corrected chi connectivity index (χ4v) is 1.87. The van der Waals surface area contributed by atoms with Crippen molar-refractivity contribution < 1.29 is 4.79 Å². The van der Waals surface area contributed by atoms with Crippen LogP contribution < -0.4 is 11.1 Å². The molecule has 6 heteroatoms. The smallest absolute Gasteiger partial charge is 0.276 e. The Morgan fingerprint density at radius 3 is 2.68 bits per heavy atom. The van der Waals surface area contributed by atoms with Gasteiger partial charge in [0, 0.05) is 17.3 Å². The molecule has 0 spiro atoms. The van der Waals surface area contributed by atoms with E-state index in [1.54, 1.807) is 12.3 Å². The maximum absolute atomic E-state index is 11.6. The number of nitrogens with zero attached hydrogens (tertiary/aromatic N) is 2. The Morgan fingerprint density at radius 1 is 1.21 bits per heavy atom. The van der Waals surface area contributed by atoms with Gasteiger partial charge in [-0.2, -0.15) is 5.10 Å². The third-order valence-corrected chi connectivity index (χ3v) is 2.72. The number of aromatic nitrogens is 2. The second kappa shape index (κ2) is 4.41.